The fourth-order valence-corrected chi connectivity index (χ4v) is 5.06. The average molecular weight is 359 g/mol. The summed E-state index contributed by atoms with van der Waals surface area (Å²) in [6, 6.07) is 2.06. The summed E-state index contributed by atoms with van der Waals surface area (Å²) < 4.78 is 2.00. The number of nitrogens with one attached hydrogen (secondary N) is 1. The lowest BCUT2D eigenvalue weighted by Crippen LogP contribution is -2.32. The van der Waals surface area contributed by atoms with E-state index in [0.29, 0.717) is 5.92 Å². The molecule has 2 aromatic heterocycles. The number of likely N-dealkylation sites (N-methyl/N-ethyl adjacent to an activating group) is 1. The third-order valence-corrected chi connectivity index (χ3v) is 6.59. The van der Waals surface area contributed by atoms with E-state index < -0.39 is 0 Å². The first kappa shape index (κ1) is 16.7. The number of rotatable bonds is 3. The zero-order valence-electron chi connectivity index (χ0n) is 14.9. The van der Waals surface area contributed by atoms with Gasteiger partial charge in [-0.1, -0.05) is 0 Å². The lowest BCUT2D eigenvalue weighted by atomic mass is 9.99. The minimum atomic E-state index is 0.00469. The molecule has 7 heteroatoms. The van der Waals surface area contributed by atoms with Gasteiger partial charge in [-0.05, 0) is 52.3 Å². The molecule has 2 aliphatic heterocycles. The molecule has 1 fully saturated rings. The third kappa shape index (κ3) is 3.35. The van der Waals surface area contributed by atoms with E-state index in [1.54, 1.807) is 11.3 Å². The Kier molecular flexibility index (Phi) is 4.60. The van der Waals surface area contributed by atoms with Gasteiger partial charge in [-0.25, -0.2) is 4.98 Å². The van der Waals surface area contributed by atoms with Crippen LogP contribution in [0.5, 0.6) is 0 Å². The van der Waals surface area contributed by atoms with E-state index in [1.165, 1.54) is 12.8 Å². The summed E-state index contributed by atoms with van der Waals surface area (Å²) in [5.41, 5.74) is 1.96. The summed E-state index contributed by atoms with van der Waals surface area (Å²) in [5, 5.41) is 8.65. The van der Waals surface area contributed by atoms with Crippen molar-refractivity contribution in [3.05, 3.63) is 33.5 Å². The van der Waals surface area contributed by atoms with Crippen molar-refractivity contribution in [1.29, 1.82) is 0 Å². The number of carbonyl (C=O) groups excluding carboxylic acids is 1. The summed E-state index contributed by atoms with van der Waals surface area (Å²) in [7, 11) is 2.16. The Balaban J connectivity index is 1.50. The highest BCUT2D eigenvalue weighted by atomic mass is 32.1. The van der Waals surface area contributed by atoms with E-state index in [9.17, 15) is 4.79 Å². The molecule has 1 saturated heterocycles. The number of aromatic nitrogens is 3. The largest absolute Gasteiger partial charge is 0.343 e. The van der Waals surface area contributed by atoms with Gasteiger partial charge in [0.2, 0.25) is 0 Å². The first-order valence-corrected chi connectivity index (χ1v) is 9.92. The number of fused-ring (bicyclic) bond motifs is 1. The minimum Gasteiger partial charge on any atom is -0.343 e. The molecule has 0 saturated carbocycles. The maximum absolute atomic E-state index is 12.8. The van der Waals surface area contributed by atoms with Crippen molar-refractivity contribution < 1.29 is 4.79 Å². The molecule has 2 unspecified atom stereocenters. The summed E-state index contributed by atoms with van der Waals surface area (Å²) in [6.45, 7) is 5.08. The highest BCUT2D eigenvalue weighted by molar-refractivity contribution is 7.13. The van der Waals surface area contributed by atoms with Gasteiger partial charge >= 0.3 is 0 Å². The fraction of sp³-hybridized carbons (Fsp3) is 0.611. The zero-order valence-corrected chi connectivity index (χ0v) is 15.7. The lowest BCUT2D eigenvalue weighted by molar-refractivity contribution is 0.0932. The van der Waals surface area contributed by atoms with Crippen LogP contribution in [0, 0.1) is 6.92 Å². The van der Waals surface area contributed by atoms with Crippen molar-refractivity contribution >= 4 is 17.2 Å². The van der Waals surface area contributed by atoms with Crippen LogP contribution >= 0.6 is 11.3 Å². The molecule has 1 amide bonds. The molecule has 2 atom stereocenters. The maximum Gasteiger partial charge on any atom is 0.263 e. The monoisotopic (exact) mass is 359 g/mol. The van der Waals surface area contributed by atoms with Crippen LogP contribution in [0.2, 0.25) is 0 Å². The molecule has 0 bridgehead atoms. The highest BCUT2D eigenvalue weighted by Crippen LogP contribution is 2.32. The van der Waals surface area contributed by atoms with Gasteiger partial charge in [0.25, 0.3) is 5.91 Å². The van der Waals surface area contributed by atoms with Crippen LogP contribution in [0.15, 0.2) is 12.3 Å². The molecule has 134 valence electrons. The number of piperidine rings is 1. The Hall–Kier alpha value is -1.73. The molecule has 4 heterocycles. The normalized spacial score (nSPS) is 24.1. The van der Waals surface area contributed by atoms with Crippen LogP contribution in [0.25, 0.3) is 0 Å². The number of aryl methyl sites for hydroxylation is 2. The van der Waals surface area contributed by atoms with E-state index >= 15 is 0 Å². The van der Waals surface area contributed by atoms with E-state index in [0.717, 1.165) is 53.7 Å². The van der Waals surface area contributed by atoms with Crippen molar-refractivity contribution in [2.75, 3.05) is 20.1 Å². The second kappa shape index (κ2) is 6.88. The number of nitrogens with zero attached hydrogens (tertiary/aromatic N) is 4. The molecule has 6 nitrogen and oxygen atoms in total. The predicted molar refractivity (Wildman–Crippen MR) is 98.0 cm³/mol. The van der Waals surface area contributed by atoms with Crippen molar-refractivity contribution in [3.63, 3.8) is 0 Å². The topological polar surface area (TPSA) is 63.1 Å². The molecule has 0 aliphatic carbocycles. The molecular weight excluding hydrogens is 334 g/mol. The van der Waals surface area contributed by atoms with Crippen molar-refractivity contribution in [2.24, 2.45) is 0 Å². The Morgan fingerprint density at radius 2 is 2.16 bits per heavy atom. The van der Waals surface area contributed by atoms with Crippen molar-refractivity contribution in [2.45, 2.75) is 51.1 Å². The van der Waals surface area contributed by atoms with Gasteiger partial charge in [0.05, 0.1) is 22.4 Å². The molecule has 2 aliphatic rings. The minimum absolute atomic E-state index is 0.00469. The molecule has 0 aromatic carbocycles. The van der Waals surface area contributed by atoms with Crippen molar-refractivity contribution in [3.8, 4) is 0 Å². The SMILES string of the molecule is Cc1nc(C2CCCN(C)C2)sc1C(=O)NC1CCCn2nccc21. The Labute approximate surface area is 152 Å². The smallest absolute Gasteiger partial charge is 0.263 e. The molecule has 25 heavy (non-hydrogen) atoms. The first-order chi connectivity index (χ1) is 12.1. The van der Waals surface area contributed by atoms with Crippen LogP contribution in [-0.2, 0) is 6.54 Å². The fourth-order valence-electron chi connectivity index (χ4n) is 3.96. The van der Waals surface area contributed by atoms with E-state index in [4.69, 9.17) is 4.98 Å². The molecular formula is C18H25N5OS. The van der Waals surface area contributed by atoms with Gasteiger partial charge in [-0.15, -0.1) is 11.3 Å². The van der Waals surface area contributed by atoms with Crippen LogP contribution in [-0.4, -0.2) is 45.7 Å². The Morgan fingerprint density at radius 1 is 1.32 bits per heavy atom. The summed E-state index contributed by atoms with van der Waals surface area (Å²) in [5.74, 6) is 0.463. The van der Waals surface area contributed by atoms with Crippen LogP contribution in [0.3, 0.4) is 0 Å². The number of hydrogen-bond acceptors (Lipinski definition) is 5. The van der Waals surface area contributed by atoms with E-state index in [-0.39, 0.29) is 11.9 Å². The number of thiazole rings is 1. The number of carbonyl (C=O) groups is 1. The maximum atomic E-state index is 12.8. The van der Waals surface area contributed by atoms with Crippen molar-refractivity contribution in [1.82, 2.24) is 25.0 Å². The van der Waals surface area contributed by atoms with Gasteiger partial charge in [0.15, 0.2) is 0 Å². The quantitative estimate of drug-likeness (QED) is 0.915. The highest BCUT2D eigenvalue weighted by Gasteiger charge is 2.27. The predicted octanol–water partition coefficient (Wildman–Crippen LogP) is 2.72. The Bertz CT molecular complexity index is 767. The number of hydrogen-bond donors (Lipinski definition) is 1. The standard InChI is InChI=1S/C18H25N5OS/c1-12-16(25-18(20-12)13-5-3-9-22(2)11-13)17(24)21-14-6-4-10-23-15(14)7-8-19-23/h7-8,13-14H,3-6,9-11H2,1-2H3,(H,21,24). The lowest BCUT2D eigenvalue weighted by Gasteiger charge is -2.28. The molecule has 1 N–H and O–H groups in total. The summed E-state index contributed by atoms with van der Waals surface area (Å²) in [4.78, 5) is 20.7. The van der Waals surface area contributed by atoms with E-state index in [2.05, 4.69) is 22.4 Å². The van der Waals surface area contributed by atoms with E-state index in [1.807, 2.05) is 23.9 Å². The van der Waals surface area contributed by atoms with Crippen LogP contribution in [0.4, 0.5) is 0 Å². The van der Waals surface area contributed by atoms with Gasteiger partial charge in [-0.3, -0.25) is 9.48 Å². The average Bonchev–Trinajstić information content (AvgIpc) is 3.22. The third-order valence-electron chi connectivity index (χ3n) is 5.27. The number of amides is 1. The zero-order chi connectivity index (χ0) is 17.4. The molecule has 0 radical (unpaired) electrons. The molecule has 2 aromatic rings. The first-order valence-electron chi connectivity index (χ1n) is 9.10. The second-order valence-corrected chi connectivity index (χ2v) is 8.25. The second-order valence-electron chi connectivity index (χ2n) is 7.22. The van der Waals surface area contributed by atoms with Gasteiger partial charge in [0, 0.05) is 25.2 Å². The van der Waals surface area contributed by atoms with Crippen LogP contribution in [0.1, 0.15) is 63.7 Å². The number of likely N-dealkylation sites (tertiary alicyclic amines) is 1. The molecule has 4 rings (SSSR count). The summed E-state index contributed by atoms with van der Waals surface area (Å²) >= 11 is 1.58. The van der Waals surface area contributed by atoms with Gasteiger partial charge in [-0.2, -0.15) is 5.10 Å². The van der Waals surface area contributed by atoms with Gasteiger partial charge < -0.3 is 10.2 Å². The van der Waals surface area contributed by atoms with Gasteiger partial charge in [0.1, 0.15) is 4.88 Å². The Morgan fingerprint density at radius 3 is 3.00 bits per heavy atom. The molecule has 0 spiro atoms. The summed E-state index contributed by atoms with van der Waals surface area (Å²) in [6.07, 6.45) is 6.19. The van der Waals surface area contributed by atoms with Crippen LogP contribution < -0.4 is 5.32 Å².